The minimum absolute atomic E-state index is 0.117. The van der Waals surface area contributed by atoms with Crippen molar-refractivity contribution < 1.29 is 14.4 Å². The van der Waals surface area contributed by atoms with Crippen LogP contribution in [0, 0.1) is 6.92 Å². The number of hydrogen-bond acceptors (Lipinski definition) is 5. The second kappa shape index (κ2) is 5.49. The SMILES string of the molecule is Cc1nc2c(c(=O)n1C)CN(C(=O)CC[C@@H]1NC(=O)NC1=O)C2. The van der Waals surface area contributed by atoms with Crippen molar-refractivity contribution in [3.63, 3.8) is 0 Å². The number of nitrogens with one attached hydrogen (secondary N) is 2. The molecule has 0 unspecified atom stereocenters. The summed E-state index contributed by atoms with van der Waals surface area (Å²) in [5.74, 6) is 0.0173. The van der Waals surface area contributed by atoms with Crippen LogP contribution in [0.25, 0.3) is 0 Å². The molecule has 0 radical (unpaired) electrons. The number of fused-ring (bicyclic) bond motifs is 1. The summed E-state index contributed by atoms with van der Waals surface area (Å²) in [7, 11) is 1.65. The summed E-state index contributed by atoms with van der Waals surface area (Å²) in [4.78, 5) is 52.8. The third-order valence-corrected chi connectivity index (χ3v) is 4.24. The van der Waals surface area contributed by atoms with Crippen molar-refractivity contribution in [1.29, 1.82) is 0 Å². The van der Waals surface area contributed by atoms with E-state index in [1.807, 2.05) is 0 Å². The van der Waals surface area contributed by atoms with Gasteiger partial charge in [0.05, 0.1) is 24.3 Å². The van der Waals surface area contributed by atoms with E-state index in [1.165, 1.54) is 4.57 Å². The summed E-state index contributed by atoms with van der Waals surface area (Å²) in [5, 5.41) is 4.58. The van der Waals surface area contributed by atoms with Gasteiger partial charge in [0.2, 0.25) is 5.91 Å². The lowest BCUT2D eigenvalue weighted by molar-refractivity contribution is -0.132. The van der Waals surface area contributed by atoms with E-state index in [0.29, 0.717) is 23.6 Å². The lowest BCUT2D eigenvalue weighted by Gasteiger charge is -2.15. The highest BCUT2D eigenvalue weighted by molar-refractivity contribution is 6.04. The van der Waals surface area contributed by atoms with Crippen LogP contribution in [0.1, 0.15) is 29.9 Å². The first-order valence-corrected chi connectivity index (χ1v) is 7.31. The standard InChI is InChI=1S/C14H17N5O4/c1-7-15-10-6-19(5-8(10)13(22)18(7)2)11(20)4-3-9-12(21)17-14(23)16-9/h9H,3-6H2,1-2H3,(H2,16,17,21,23)/t9-/m0/s1. The first kappa shape index (κ1) is 15.2. The zero-order chi connectivity index (χ0) is 16.7. The van der Waals surface area contributed by atoms with Gasteiger partial charge in [0.15, 0.2) is 0 Å². The van der Waals surface area contributed by atoms with Crippen molar-refractivity contribution in [2.75, 3.05) is 0 Å². The monoisotopic (exact) mass is 319 g/mol. The average Bonchev–Trinajstić information content (AvgIpc) is 3.05. The molecule has 1 saturated heterocycles. The fraction of sp³-hybridized carbons (Fsp3) is 0.500. The van der Waals surface area contributed by atoms with E-state index < -0.39 is 18.0 Å². The molecule has 3 heterocycles. The first-order valence-electron chi connectivity index (χ1n) is 7.31. The van der Waals surface area contributed by atoms with Crippen molar-refractivity contribution in [3.05, 3.63) is 27.4 Å². The van der Waals surface area contributed by atoms with Gasteiger partial charge in [0.1, 0.15) is 11.9 Å². The van der Waals surface area contributed by atoms with Crippen LogP contribution >= 0.6 is 0 Å². The topological polar surface area (TPSA) is 113 Å². The number of amides is 4. The molecule has 0 saturated carbocycles. The molecule has 9 heteroatoms. The Hall–Kier alpha value is -2.71. The number of rotatable bonds is 3. The van der Waals surface area contributed by atoms with E-state index in [9.17, 15) is 19.2 Å². The molecule has 2 N–H and O–H groups in total. The molecule has 3 rings (SSSR count). The number of imide groups is 1. The summed E-state index contributed by atoms with van der Waals surface area (Å²) < 4.78 is 1.46. The zero-order valence-corrected chi connectivity index (χ0v) is 12.9. The molecule has 9 nitrogen and oxygen atoms in total. The second-order valence-electron chi connectivity index (χ2n) is 5.75. The molecule has 4 amide bonds. The molecule has 23 heavy (non-hydrogen) atoms. The molecular weight excluding hydrogens is 302 g/mol. The highest BCUT2D eigenvalue weighted by Crippen LogP contribution is 2.19. The number of carbonyl (C=O) groups excluding carboxylic acids is 3. The Morgan fingerprint density at radius 2 is 2.04 bits per heavy atom. The molecule has 0 spiro atoms. The van der Waals surface area contributed by atoms with Crippen LogP contribution in [0.3, 0.4) is 0 Å². The molecule has 0 bridgehead atoms. The zero-order valence-electron chi connectivity index (χ0n) is 12.9. The predicted octanol–water partition coefficient (Wildman–Crippen LogP) is -1.08. The van der Waals surface area contributed by atoms with Crippen molar-refractivity contribution in [2.45, 2.75) is 38.9 Å². The molecule has 2 aliphatic heterocycles. The minimum Gasteiger partial charge on any atom is -0.332 e. The fourth-order valence-electron chi connectivity index (χ4n) is 2.79. The van der Waals surface area contributed by atoms with E-state index in [2.05, 4.69) is 15.6 Å². The number of urea groups is 1. The van der Waals surface area contributed by atoms with Crippen LogP contribution in [-0.2, 0) is 29.7 Å². The van der Waals surface area contributed by atoms with Gasteiger partial charge in [0, 0.05) is 13.5 Å². The summed E-state index contributed by atoms with van der Waals surface area (Å²) in [6, 6.07) is -1.21. The van der Waals surface area contributed by atoms with Gasteiger partial charge in [-0.1, -0.05) is 0 Å². The second-order valence-corrected chi connectivity index (χ2v) is 5.75. The number of aryl methyl sites for hydroxylation is 1. The van der Waals surface area contributed by atoms with Gasteiger partial charge in [-0.15, -0.1) is 0 Å². The molecule has 122 valence electrons. The Kier molecular flexibility index (Phi) is 3.63. The maximum Gasteiger partial charge on any atom is 0.322 e. The Balaban J connectivity index is 1.64. The largest absolute Gasteiger partial charge is 0.332 e. The van der Waals surface area contributed by atoms with E-state index in [-0.39, 0.29) is 30.9 Å². The van der Waals surface area contributed by atoms with Gasteiger partial charge >= 0.3 is 6.03 Å². The van der Waals surface area contributed by atoms with Crippen LogP contribution in [0.5, 0.6) is 0 Å². The van der Waals surface area contributed by atoms with Crippen LogP contribution in [-0.4, -0.2) is 38.3 Å². The van der Waals surface area contributed by atoms with Crippen LogP contribution in [0.15, 0.2) is 4.79 Å². The first-order chi connectivity index (χ1) is 10.9. The Bertz CT molecular complexity index is 769. The van der Waals surface area contributed by atoms with E-state index in [1.54, 1.807) is 18.9 Å². The fourth-order valence-corrected chi connectivity index (χ4v) is 2.79. The normalized spacial score (nSPS) is 19.6. The number of hydrogen-bond donors (Lipinski definition) is 2. The van der Waals surface area contributed by atoms with Crippen LogP contribution in [0.4, 0.5) is 4.79 Å². The van der Waals surface area contributed by atoms with Crippen LogP contribution in [0.2, 0.25) is 0 Å². The third-order valence-electron chi connectivity index (χ3n) is 4.24. The lowest BCUT2D eigenvalue weighted by Crippen LogP contribution is -2.32. The van der Waals surface area contributed by atoms with Gasteiger partial charge in [-0.2, -0.15) is 0 Å². The number of nitrogens with zero attached hydrogens (tertiary/aromatic N) is 3. The lowest BCUT2D eigenvalue weighted by atomic mass is 10.1. The van der Waals surface area contributed by atoms with Crippen molar-refractivity contribution in [2.24, 2.45) is 7.05 Å². The number of carbonyl (C=O) groups is 3. The Labute approximate surface area is 131 Å². The van der Waals surface area contributed by atoms with Gasteiger partial charge < -0.3 is 10.2 Å². The predicted molar refractivity (Wildman–Crippen MR) is 78.2 cm³/mol. The van der Waals surface area contributed by atoms with Crippen LogP contribution < -0.4 is 16.2 Å². The maximum atomic E-state index is 12.3. The van der Waals surface area contributed by atoms with E-state index in [0.717, 1.165) is 0 Å². The van der Waals surface area contributed by atoms with Gasteiger partial charge in [-0.25, -0.2) is 9.78 Å². The molecule has 2 aliphatic rings. The Morgan fingerprint density at radius 1 is 1.30 bits per heavy atom. The molecular formula is C14H17N5O4. The van der Waals surface area contributed by atoms with E-state index in [4.69, 9.17) is 0 Å². The molecule has 1 fully saturated rings. The van der Waals surface area contributed by atoms with Gasteiger partial charge in [0.25, 0.3) is 11.5 Å². The third kappa shape index (κ3) is 2.69. The molecule has 1 atom stereocenters. The number of aromatic nitrogens is 2. The highest BCUT2D eigenvalue weighted by Gasteiger charge is 2.32. The summed E-state index contributed by atoms with van der Waals surface area (Å²) in [5.41, 5.74) is 1.04. The maximum absolute atomic E-state index is 12.3. The minimum atomic E-state index is -0.676. The smallest absolute Gasteiger partial charge is 0.322 e. The summed E-state index contributed by atoms with van der Waals surface area (Å²) in [6.45, 7) is 2.28. The quantitative estimate of drug-likeness (QED) is 0.688. The van der Waals surface area contributed by atoms with Crippen molar-refractivity contribution in [3.8, 4) is 0 Å². The Morgan fingerprint density at radius 3 is 2.70 bits per heavy atom. The average molecular weight is 319 g/mol. The van der Waals surface area contributed by atoms with Gasteiger partial charge in [-0.3, -0.25) is 24.3 Å². The highest BCUT2D eigenvalue weighted by atomic mass is 16.2. The van der Waals surface area contributed by atoms with Crippen molar-refractivity contribution in [1.82, 2.24) is 25.1 Å². The van der Waals surface area contributed by atoms with E-state index >= 15 is 0 Å². The molecule has 1 aromatic heterocycles. The molecule has 0 aromatic carbocycles. The summed E-state index contributed by atoms with van der Waals surface area (Å²) >= 11 is 0. The molecule has 0 aliphatic carbocycles. The summed E-state index contributed by atoms with van der Waals surface area (Å²) in [6.07, 6.45) is 0.347. The molecule has 1 aromatic rings. The van der Waals surface area contributed by atoms with Crippen molar-refractivity contribution >= 4 is 17.8 Å². The van der Waals surface area contributed by atoms with Gasteiger partial charge in [-0.05, 0) is 13.3 Å².